The predicted molar refractivity (Wildman–Crippen MR) is 115 cm³/mol. The molecule has 2 aromatic rings. The topological polar surface area (TPSA) is 75.0 Å². The van der Waals surface area contributed by atoms with Gasteiger partial charge in [-0.3, -0.25) is 4.99 Å². The van der Waals surface area contributed by atoms with Gasteiger partial charge in [-0.15, -0.1) is 0 Å². The van der Waals surface area contributed by atoms with E-state index in [1.165, 1.54) is 11.1 Å². The number of aromatic nitrogens is 2. The maximum atomic E-state index is 12.4. The number of amides is 1. The Balaban J connectivity index is 1.30. The number of piperazine rings is 1. The highest BCUT2D eigenvalue weighted by Crippen LogP contribution is 2.19. The quantitative estimate of drug-likeness (QED) is 0.837. The number of carbonyl (C=O) groups excluding carboxylic acids is 1. The zero-order valence-electron chi connectivity index (χ0n) is 17.9. The molecule has 0 radical (unpaired) electrons. The molecule has 1 fully saturated rings. The molecule has 3 heterocycles. The first kappa shape index (κ1) is 20.3. The van der Waals surface area contributed by atoms with Gasteiger partial charge in [-0.2, -0.15) is 0 Å². The molecule has 0 aliphatic carbocycles. The van der Waals surface area contributed by atoms with Gasteiger partial charge < -0.3 is 24.4 Å². The minimum Gasteiger partial charge on any atom is -0.444 e. The van der Waals surface area contributed by atoms with E-state index >= 15 is 0 Å². The number of nitrogens with one attached hydrogen (secondary N) is 1. The molecule has 1 unspecified atom stereocenters. The Hall–Kier alpha value is -3.03. The first-order valence-electron chi connectivity index (χ1n) is 10.4. The second-order valence-electron chi connectivity index (χ2n) is 8.85. The molecule has 1 aromatic heterocycles. The molecule has 4 rings (SSSR count). The molecule has 8 nitrogen and oxygen atoms in total. The Morgan fingerprint density at radius 2 is 2.10 bits per heavy atom. The molecule has 0 saturated carbocycles. The molecule has 2 aliphatic rings. The summed E-state index contributed by atoms with van der Waals surface area (Å²) in [5, 5.41) is 3.49. The Morgan fingerprint density at radius 1 is 1.27 bits per heavy atom. The lowest BCUT2D eigenvalue weighted by atomic mass is 10.1. The van der Waals surface area contributed by atoms with Gasteiger partial charge in [0.2, 0.25) is 0 Å². The molecule has 0 spiro atoms. The van der Waals surface area contributed by atoms with Crippen molar-refractivity contribution in [3.63, 3.8) is 0 Å². The van der Waals surface area contributed by atoms with Crippen LogP contribution in [-0.2, 0) is 17.8 Å². The molecule has 1 atom stereocenters. The number of fused-ring (bicyclic) bond motifs is 1. The summed E-state index contributed by atoms with van der Waals surface area (Å²) in [6, 6.07) is 8.75. The summed E-state index contributed by atoms with van der Waals surface area (Å²) < 4.78 is 7.57. The Kier molecular flexibility index (Phi) is 5.65. The summed E-state index contributed by atoms with van der Waals surface area (Å²) in [5.74, 6) is 0.920. The van der Waals surface area contributed by atoms with Crippen molar-refractivity contribution in [2.24, 2.45) is 4.99 Å². The van der Waals surface area contributed by atoms with Crippen LogP contribution in [-0.4, -0.2) is 69.2 Å². The van der Waals surface area contributed by atoms with Crippen LogP contribution in [0.4, 0.5) is 4.79 Å². The summed E-state index contributed by atoms with van der Waals surface area (Å²) in [6.07, 6.45) is 5.35. The van der Waals surface area contributed by atoms with Gasteiger partial charge in [-0.25, -0.2) is 9.78 Å². The lowest BCUT2D eigenvalue weighted by Crippen LogP contribution is -2.57. The number of nitrogens with zero attached hydrogens (tertiary/aromatic N) is 5. The van der Waals surface area contributed by atoms with E-state index in [-0.39, 0.29) is 12.1 Å². The van der Waals surface area contributed by atoms with Crippen LogP contribution in [0.15, 0.2) is 48.0 Å². The molecule has 8 heteroatoms. The molecule has 0 bridgehead atoms. The largest absolute Gasteiger partial charge is 0.444 e. The van der Waals surface area contributed by atoms with Gasteiger partial charge in [-0.1, -0.05) is 24.3 Å². The van der Waals surface area contributed by atoms with E-state index < -0.39 is 5.60 Å². The summed E-state index contributed by atoms with van der Waals surface area (Å²) in [4.78, 5) is 25.2. The third kappa shape index (κ3) is 4.93. The van der Waals surface area contributed by atoms with Crippen molar-refractivity contribution in [3.8, 4) is 0 Å². The monoisotopic (exact) mass is 410 g/mol. The first-order valence-corrected chi connectivity index (χ1v) is 10.4. The number of hydrogen-bond acceptors (Lipinski definition) is 6. The third-order valence-corrected chi connectivity index (χ3v) is 5.22. The number of ether oxygens (including phenoxy) is 1. The van der Waals surface area contributed by atoms with E-state index in [2.05, 4.69) is 49.0 Å². The maximum absolute atomic E-state index is 12.4. The van der Waals surface area contributed by atoms with Gasteiger partial charge in [0, 0.05) is 45.1 Å². The van der Waals surface area contributed by atoms with Crippen LogP contribution in [0, 0.1) is 0 Å². The summed E-state index contributed by atoms with van der Waals surface area (Å²) >= 11 is 0. The number of rotatable bonds is 4. The standard InChI is InChI=1S/C22H30N6O2/c1-22(2,3)30-21(29)27-9-10-28-19(15-27)13-25-20(28)24-12-17-5-4-6-18(11-17)14-26-8-7-23-16-26/h4-8,11,16,19H,9-10,12-15H2,1-3H3,(H,24,25). The average molecular weight is 411 g/mol. The highest BCUT2D eigenvalue weighted by atomic mass is 16.6. The molecule has 1 aromatic carbocycles. The zero-order valence-corrected chi connectivity index (χ0v) is 17.9. The fourth-order valence-electron chi connectivity index (χ4n) is 3.83. The molecule has 1 N–H and O–H groups in total. The van der Waals surface area contributed by atoms with Gasteiger partial charge in [0.05, 0.1) is 18.9 Å². The van der Waals surface area contributed by atoms with Crippen molar-refractivity contribution in [2.45, 2.75) is 45.5 Å². The number of benzene rings is 1. The zero-order chi connectivity index (χ0) is 21.1. The number of imidazole rings is 1. The number of aliphatic imine (C=N–C) groups is 1. The minimum absolute atomic E-state index is 0.210. The average Bonchev–Trinajstić information content (AvgIpc) is 3.34. The van der Waals surface area contributed by atoms with Crippen LogP contribution >= 0.6 is 0 Å². The van der Waals surface area contributed by atoms with Crippen LogP contribution in [0.3, 0.4) is 0 Å². The number of carbonyl (C=O) groups is 1. The molecule has 2 aliphatic heterocycles. The van der Waals surface area contributed by atoms with Crippen LogP contribution in [0.25, 0.3) is 0 Å². The van der Waals surface area contributed by atoms with Crippen molar-refractivity contribution >= 4 is 12.1 Å². The SMILES string of the molecule is CC(C)(C)OC(=O)N1CCN2C(NCc3cccc(Cn4ccnc4)c3)=NCC2C1. The maximum Gasteiger partial charge on any atom is 0.410 e. The second kappa shape index (κ2) is 8.38. The molecule has 1 saturated heterocycles. The van der Waals surface area contributed by atoms with Crippen LogP contribution in [0.2, 0.25) is 0 Å². The van der Waals surface area contributed by atoms with Gasteiger partial charge in [0.25, 0.3) is 0 Å². The molecule has 1 amide bonds. The van der Waals surface area contributed by atoms with Crippen molar-refractivity contribution < 1.29 is 9.53 Å². The normalized spacial score (nSPS) is 18.8. The van der Waals surface area contributed by atoms with Crippen molar-refractivity contribution in [2.75, 3.05) is 26.2 Å². The van der Waals surface area contributed by atoms with E-state index in [1.807, 2.05) is 33.3 Å². The van der Waals surface area contributed by atoms with E-state index in [9.17, 15) is 4.79 Å². The van der Waals surface area contributed by atoms with Crippen molar-refractivity contribution in [3.05, 3.63) is 54.1 Å². The van der Waals surface area contributed by atoms with E-state index in [4.69, 9.17) is 4.74 Å². The van der Waals surface area contributed by atoms with Crippen molar-refractivity contribution in [1.29, 1.82) is 0 Å². The lowest BCUT2D eigenvalue weighted by Gasteiger charge is -2.39. The fourth-order valence-corrected chi connectivity index (χ4v) is 3.83. The van der Waals surface area contributed by atoms with Crippen LogP contribution < -0.4 is 5.32 Å². The highest BCUT2D eigenvalue weighted by molar-refractivity contribution is 5.82. The van der Waals surface area contributed by atoms with Crippen LogP contribution in [0.5, 0.6) is 0 Å². The summed E-state index contributed by atoms with van der Waals surface area (Å²) in [6.45, 7) is 9.96. The summed E-state index contributed by atoms with van der Waals surface area (Å²) in [5.41, 5.74) is 1.98. The molecular formula is C22H30N6O2. The first-order chi connectivity index (χ1) is 14.4. The van der Waals surface area contributed by atoms with Crippen molar-refractivity contribution in [1.82, 2.24) is 24.7 Å². The molecular weight excluding hydrogens is 380 g/mol. The number of hydrogen-bond donors (Lipinski definition) is 1. The van der Waals surface area contributed by atoms with E-state index in [0.717, 1.165) is 25.6 Å². The van der Waals surface area contributed by atoms with E-state index in [1.54, 1.807) is 11.1 Å². The Morgan fingerprint density at radius 3 is 2.87 bits per heavy atom. The van der Waals surface area contributed by atoms with Gasteiger partial charge >= 0.3 is 6.09 Å². The van der Waals surface area contributed by atoms with Crippen LogP contribution in [0.1, 0.15) is 31.9 Å². The minimum atomic E-state index is -0.473. The second-order valence-corrected chi connectivity index (χ2v) is 8.85. The van der Waals surface area contributed by atoms with Gasteiger partial charge in [-0.05, 0) is 31.9 Å². The Labute approximate surface area is 177 Å². The smallest absolute Gasteiger partial charge is 0.410 e. The fraction of sp³-hybridized carbons (Fsp3) is 0.500. The van der Waals surface area contributed by atoms with Gasteiger partial charge in [0.1, 0.15) is 5.60 Å². The lowest BCUT2D eigenvalue weighted by molar-refractivity contribution is 0.0137. The highest BCUT2D eigenvalue weighted by Gasteiger charge is 2.36. The van der Waals surface area contributed by atoms with Gasteiger partial charge in [0.15, 0.2) is 5.96 Å². The summed E-state index contributed by atoms with van der Waals surface area (Å²) in [7, 11) is 0. The molecule has 30 heavy (non-hydrogen) atoms. The third-order valence-electron chi connectivity index (χ3n) is 5.22. The molecule has 160 valence electrons. The van der Waals surface area contributed by atoms with E-state index in [0.29, 0.717) is 19.6 Å². The Bertz CT molecular complexity index is 903. The predicted octanol–water partition coefficient (Wildman–Crippen LogP) is 2.31. The number of guanidine groups is 1.